The van der Waals surface area contributed by atoms with Gasteiger partial charge in [0.25, 0.3) is 0 Å². The van der Waals surface area contributed by atoms with Gasteiger partial charge in [-0.15, -0.1) is 0 Å². The first-order valence-electron chi connectivity index (χ1n) is 5.71. The Bertz CT molecular complexity index is 121. The van der Waals surface area contributed by atoms with Crippen molar-refractivity contribution in [2.75, 3.05) is 13.1 Å². The number of rotatable bonds is 1. The third-order valence-electron chi connectivity index (χ3n) is 3.48. The van der Waals surface area contributed by atoms with Gasteiger partial charge in [0.05, 0.1) is 0 Å². The van der Waals surface area contributed by atoms with Crippen molar-refractivity contribution >= 4 is 0 Å². The fourth-order valence-electron chi connectivity index (χ4n) is 2.39. The van der Waals surface area contributed by atoms with E-state index in [1.54, 1.807) is 0 Å². The molecule has 2 aliphatic rings. The molecule has 0 bridgehead atoms. The van der Waals surface area contributed by atoms with Crippen LogP contribution in [0.3, 0.4) is 0 Å². The van der Waals surface area contributed by atoms with Gasteiger partial charge in [0, 0.05) is 6.04 Å². The van der Waals surface area contributed by atoms with Crippen LogP contribution in [0.15, 0.2) is 0 Å². The molecule has 0 atom stereocenters. The van der Waals surface area contributed by atoms with Crippen molar-refractivity contribution in [2.45, 2.75) is 57.4 Å². The molecule has 0 amide bonds. The topological polar surface area (TPSA) is 3.24 Å². The summed E-state index contributed by atoms with van der Waals surface area (Å²) in [6.07, 6.45) is 11.8. The Kier molecular flexibility index (Phi) is 3.04. The highest BCUT2D eigenvalue weighted by atomic mass is 15.2. The lowest BCUT2D eigenvalue weighted by Crippen LogP contribution is -2.41. The van der Waals surface area contributed by atoms with Gasteiger partial charge in [-0.2, -0.15) is 0 Å². The smallest absolute Gasteiger partial charge is 0.00952 e. The summed E-state index contributed by atoms with van der Waals surface area (Å²) in [5.41, 5.74) is 0. The molecule has 2 rings (SSSR count). The van der Waals surface area contributed by atoms with Crippen molar-refractivity contribution in [2.24, 2.45) is 0 Å². The fraction of sp³-hybridized carbons (Fsp3) is 1.00. The van der Waals surface area contributed by atoms with Crippen molar-refractivity contribution in [1.29, 1.82) is 0 Å². The highest BCUT2D eigenvalue weighted by Gasteiger charge is 2.24. The van der Waals surface area contributed by atoms with Crippen molar-refractivity contribution in [3.8, 4) is 0 Å². The highest BCUT2D eigenvalue weighted by Crippen LogP contribution is 2.26. The van der Waals surface area contributed by atoms with Gasteiger partial charge < -0.3 is 4.90 Å². The molecule has 1 aliphatic heterocycles. The van der Waals surface area contributed by atoms with Crippen LogP contribution in [-0.2, 0) is 0 Å². The van der Waals surface area contributed by atoms with Gasteiger partial charge in [-0.05, 0) is 38.8 Å². The summed E-state index contributed by atoms with van der Waals surface area (Å²) in [4.78, 5) is 2.75. The zero-order valence-corrected chi connectivity index (χ0v) is 8.10. The average Bonchev–Trinajstić information content (AvgIpc) is 1.90. The Balaban J connectivity index is 1.77. The predicted molar refractivity (Wildman–Crippen MR) is 52.3 cm³/mol. The van der Waals surface area contributed by atoms with Gasteiger partial charge in [0.15, 0.2) is 0 Å². The Morgan fingerprint density at radius 3 is 1.75 bits per heavy atom. The molecule has 1 heteroatoms. The zero-order chi connectivity index (χ0) is 8.23. The predicted octanol–water partition coefficient (Wildman–Crippen LogP) is 2.81. The largest absolute Gasteiger partial charge is 0.300 e. The van der Waals surface area contributed by atoms with Gasteiger partial charge >= 0.3 is 0 Å². The molecule has 0 aromatic rings. The highest BCUT2D eigenvalue weighted by molar-refractivity contribution is 4.80. The van der Waals surface area contributed by atoms with Crippen LogP contribution in [0.2, 0.25) is 0 Å². The lowest BCUT2D eigenvalue weighted by molar-refractivity contribution is 0.117. The maximum absolute atomic E-state index is 2.75. The Hall–Kier alpha value is -0.0400. The lowest BCUT2D eigenvalue weighted by Gasteiger charge is -2.38. The minimum Gasteiger partial charge on any atom is -0.300 e. The molecule has 12 heavy (non-hydrogen) atoms. The van der Waals surface area contributed by atoms with E-state index in [0.29, 0.717) is 0 Å². The molecule has 1 saturated carbocycles. The van der Waals surface area contributed by atoms with Gasteiger partial charge in [0.2, 0.25) is 0 Å². The second kappa shape index (κ2) is 4.27. The van der Waals surface area contributed by atoms with Crippen LogP contribution in [0.25, 0.3) is 0 Å². The molecule has 0 spiro atoms. The average molecular weight is 167 g/mol. The molecule has 2 fully saturated rings. The van der Waals surface area contributed by atoms with Crippen molar-refractivity contribution < 1.29 is 0 Å². The summed E-state index contributed by atoms with van der Waals surface area (Å²) < 4.78 is 0. The quantitative estimate of drug-likeness (QED) is 0.580. The van der Waals surface area contributed by atoms with Crippen molar-refractivity contribution in [3.63, 3.8) is 0 Å². The summed E-state index contributed by atoms with van der Waals surface area (Å²) >= 11 is 0. The molecule has 1 nitrogen and oxygen atoms in total. The first-order valence-corrected chi connectivity index (χ1v) is 5.71. The molecule has 70 valence electrons. The molecule has 0 aromatic carbocycles. The molecule has 0 radical (unpaired) electrons. The van der Waals surface area contributed by atoms with E-state index in [-0.39, 0.29) is 0 Å². The maximum atomic E-state index is 2.75. The van der Waals surface area contributed by atoms with E-state index in [4.69, 9.17) is 0 Å². The van der Waals surface area contributed by atoms with Gasteiger partial charge in [-0.25, -0.2) is 0 Å². The Morgan fingerprint density at radius 1 is 0.667 bits per heavy atom. The molecule has 0 unspecified atom stereocenters. The maximum Gasteiger partial charge on any atom is 0.00952 e. The van der Waals surface area contributed by atoms with Crippen LogP contribution < -0.4 is 0 Å². The first kappa shape index (κ1) is 8.55. The third-order valence-corrected chi connectivity index (χ3v) is 3.48. The number of hydrogen-bond donors (Lipinski definition) is 0. The van der Waals surface area contributed by atoms with Crippen LogP contribution in [0.4, 0.5) is 0 Å². The number of nitrogens with zero attached hydrogens (tertiary/aromatic N) is 1. The van der Waals surface area contributed by atoms with Crippen LogP contribution in [0.1, 0.15) is 51.4 Å². The van der Waals surface area contributed by atoms with Gasteiger partial charge in [0.1, 0.15) is 0 Å². The van der Waals surface area contributed by atoms with Crippen LogP contribution in [0, 0.1) is 0 Å². The van der Waals surface area contributed by atoms with E-state index in [2.05, 4.69) is 4.90 Å². The van der Waals surface area contributed by atoms with E-state index in [1.807, 2.05) is 0 Å². The molecule has 1 aliphatic carbocycles. The van der Waals surface area contributed by atoms with E-state index < -0.39 is 0 Å². The molecule has 0 aromatic heterocycles. The number of likely N-dealkylation sites (tertiary alicyclic amines) is 1. The van der Waals surface area contributed by atoms with Gasteiger partial charge in [-0.3, -0.25) is 0 Å². The summed E-state index contributed by atoms with van der Waals surface area (Å²) in [7, 11) is 0. The van der Waals surface area contributed by atoms with Gasteiger partial charge in [-0.1, -0.05) is 25.7 Å². The normalized spacial score (nSPS) is 29.0. The van der Waals surface area contributed by atoms with Crippen molar-refractivity contribution in [1.82, 2.24) is 4.90 Å². The van der Waals surface area contributed by atoms with Crippen LogP contribution in [0.5, 0.6) is 0 Å². The molecule has 0 N–H and O–H groups in total. The minimum absolute atomic E-state index is 0.989. The SMILES string of the molecule is C1CCCN(C2CCC2)CCC1. The summed E-state index contributed by atoms with van der Waals surface area (Å²) in [6, 6.07) is 0.989. The van der Waals surface area contributed by atoms with E-state index in [9.17, 15) is 0 Å². The minimum atomic E-state index is 0.989. The molecule has 1 heterocycles. The third kappa shape index (κ3) is 2.01. The van der Waals surface area contributed by atoms with Crippen LogP contribution >= 0.6 is 0 Å². The summed E-state index contributed by atoms with van der Waals surface area (Å²) in [5, 5.41) is 0. The zero-order valence-electron chi connectivity index (χ0n) is 8.10. The lowest BCUT2D eigenvalue weighted by atomic mass is 9.90. The Morgan fingerprint density at radius 2 is 1.25 bits per heavy atom. The Labute approximate surface area is 76.1 Å². The first-order chi connectivity index (χ1) is 5.97. The second-order valence-corrected chi connectivity index (χ2v) is 4.39. The molecular formula is C11H21N. The van der Waals surface area contributed by atoms with Crippen molar-refractivity contribution in [3.05, 3.63) is 0 Å². The van der Waals surface area contributed by atoms with E-state index >= 15 is 0 Å². The second-order valence-electron chi connectivity index (χ2n) is 4.39. The summed E-state index contributed by atoms with van der Waals surface area (Å²) in [5.74, 6) is 0. The monoisotopic (exact) mass is 167 g/mol. The van der Waals surface area contributed by atoms with E-state index in [1.165, 1.54) is 64.5 Å². The molecule has 1 saturated heterocycles. The van der Waals surface area contributed by atoms with Crippen LogP contribution in [-0.4, -0.2) is 24.0 Å². The standard InChI is InChI=1S/C11H21N/c1-2-4-9-12(10-5-3-1)11-7-6-8-11/h11H,1-10H2. The molecular weight excluding hydrogens is 146 g/mol. The number of hydrogen-bond acceptors (Lipinski definition) is 1. The summed E-state index contributed by atoms with van der Waals surface area (Å²) in [6.45, 7) is 2.79. The van der Waals surface area contributed by atoms with E-state index in [0.717, 1.165) is 6.04 Å². The fourth-order valence-corrected chi connectivity index (χ4v) is 2.39.